The number of nitrogens with one attached hydrogen (secondary N) is 1. The minimum atomic E-state index is -3.86. The molecule has 0 aliphatic heterocycles. The summed E-state index contributed by atoms with van der Waals surface area (Å²) in [6.07, 6.45) is 3.76. The smallest absolute Gasteiger partial charge is 0.241 e. The van der Waals surface area contributed by atoms with E-state index < -0.39 is 21.9 Å². The summed E-state index contributed by atoms with van der Waals surface area (Å²) in [4.78, 5) is 3.83. The second-order valence-electron chi connectivity index (χ2n) is 5.07. The molecule has 0 aliphatic rings. The number of halogens is 1. The van der Waals surface area contributed by atoms with Crippen molar-refractivity contribution in [1.82, 2.24) is 9.71 Å². The van der Waals surface area contributed by atoms with Gasteiger partial charge in [0.15, 0.2) is 11.6 Å². The first-order chi connectivity index (χ1) is 10.9. The first kappa shape index (κ1) is 17.4. The zero-order chi connectivity index (χ0) is 17.0. The topological polar surface area (TPSA) is 68.3 Å². The van der Waals surface area contributed by atoms with Crippen LogP contribution < -0.4 is 9.46 Å². The van der Waals surface area contributed by atoms with E-state index in [-0.39, 0.29) is 16.2 Å². The maximum atomic E-state index is 14.1. The summed E-state index contributed by atoms with van der Waals surface area (Å²) in [6, 6.07) is 5.74. The van der Waals surface area contributed by atoms with Gasteiger partial charge in [0, 0.05) is 24.0 Å². The van der Waals surface area contributed by atoms with Gasteiger partial charge >= 0.3 is 0 Å². The van der Waals surface area contributed by atoms with Gasteiger partial charge in [0.2, 0.25) is 10.0 Å². The Kier molecular flexibility index (Phi) is 5.33. The van der Waals surface area contributed by atoms with Gasteiger partial charge in [-0.3, -0.25) is 4.98 Å². The van der Waals surface area contributed by atoms with Crippen LogP contribution in [0.4, 0.5) is 4.39 Å². The van der Waals surface area contributed by atoms with Crippen LogP contribution in [0.15, 0.2) is 41.6 Å². The summed E-state index contributed by atoms with van der Waals surface area (Å²) in [7, 11) is -2.53. The lowest BCUT2D eigenvalue weighted by atomic mass is 10.1. The molecule has 23 heavy (non-hydrogen) atoms. The Morgan fingerprint density at radius 3 is 2.48 bits per heavy atom. The fraction of sp³-hybridized carbons (Fsp3) is 0.312. The van der Waals surface area contributed by atoms with Crippen LogP contribution in [0.25, 0.3) is 0 Å². The third-order valence-electron chi connectivity index (χ3n) is 3.62. The fourth-order valence-electron chi connectivity index (χ4n) is 2.32. The zero-order valence-corrected chi connectivity index (χ0v) is 14.0. The molecule has 0 unspecified atom stereocenters. The second-order valence-corrected chi connectivity index (χ2v) is 6.75. The SMILES string of the molecule is CC[C@H](NS(=O)(=O)c1ccc(OC)c(F)c1C)c1ccncc1. The van der Waals surface area contributed by atoms with Gasteiger partial charge in [-0.05, 0) is 43.2 Å². The summed E-state index contributed by atoms with van der Waals surface area (Å²) < 4.78 is 46.8. The van der Waals surface area contributed by atoms with Crippen molar-refractivity contribution in [2.45, 2.75) is 31.2 Å². The average molecular weight is 338 g/mol. The molecule has 1 N–H and O–H groups in total. The molecule has 0 amide bonds. The highest BCUT2D eigenvalue weighted by Crippen LogP contribution is 2.27. The molecule has 124 valence electrons. The van der Waals surface area contributed by atoms with Crippen LogP contribution in [0.3, 0.4) is 0 Å². The van der Waals surface area contributed by atoms with Gasteiger partial charge < -0.3 is 4.74 Å². The number of nitrogens with zero attached hydrogens (tertiary/aromatic N) is 1. The molecular weight excluding hydrogens is 319 g/mol. The van der Waals surface area contributed by atoms with Crippen LogP contribution in [0.2, 0.25) is 0 Å². The standard InChI is InChI=1S/C16H19FN2O3S/c1-4-13(12-7-9-18-10-8-12)19-23(20,21)15-6-5-14(22-3)16(17)11(15)2/h5-10,13,19H,4H2,1-3H3/t13-/m0/s1. The summed E-state index contributed by atoms with van der Waals surface area (Å²) in [6.45, 7) is 3.29. The highest BCUT2D eigenvalue weighted by molar-refractivity contribution is 7.89. The molecule has 1 aromatic carbocycles. The van der Waals surface area contributed by atoms with Crippen LogP contribution in [-0.2, 0) is 10.0 Å². The molecule has 0 bridgehead atoms. The molecule has 2 rings (SSSR count). The average Bonchev–Trinajstić information content (AvgIpc) is 2.55. The number of rotatable bonds is 6. The van der Waals surface area contributed by atoms with Crippen molar-refractivity contribution in [2.75, 3.05) is 7.11 Å². The molecule has 5 nitrogen and oxygen atoms in total. The second kappa shape index (κ2) is 7.06. The number of sulfonamides is 1. The van der Waals surface area contributed by atoms with Crippen LogP contribution in [-0.4, -0.2) is 20.5 Å². The van der Waals surface area contributed by atoms with E-state index in [0.717, 1.165) is 5.56 Å². The Morgan fingerprint density at radius 2 is 1.91 bits per heavy atom. The predicted octanol–water partition coefficient (Wildman–Crippen LogP) is 2.97. The predicted molar refractivity (Wildman–Crippen MR) is 85.3 cm³/mol. The van der Waals surface area contributed by atoms with Crippen molar-refractivity contribution in [1.29, 1.82) is 0 Å². The molecule has 1 heterocycles. The molecular formula is C16H19FN2O3S. The van der Waals surface area contributed by atoms with Crippen LogP contribution in [0.1, 0.15) is 30.5 Å². The molecule has 0 spiro atoms. The summed E-state index contributed by atoms with van der Waals surface area (Å²) in [5.74, 6) is -0.657. The minimum absolute atomic E-state index is 0.0163. The van der Waals surface area contributed by atoms with E-state index in [1.54, 1.807) is 24.5 Å². The van der Waals surface area contributed by atoms with E-state index in [0.29, 0.717) is 6.42 Å². The molecule has 0 radical (unpaired) electrons. The van der Waals surface area contributed by atoms with Crippen molar-refractivity contribution in [3.8, 4) is 5.75 Å². The van der Waals surface area contributed by atoms with Gasteiger partial charge in [0.05, 0.1) is 12.0 Å². The first-order valence-electron chi connectivity index (χ1n) is 7.16. The number of pyridine rings is 1. The third-order valence-corrected chi connectivity index (χ3v) is 5.24. The molecule has 0 saturated heterocycles. The first-order valence-corrected chi connectivity index (χ1v) is 8.64. The Bertz CT molecular complexity index is 779. The van der Waals surface area contributed by atoms with Gasteiger partial charge in [-0.15, -0.1) is 0 Å². The Morgan fingerprint density at radius 1 is 1.26 bits per heavy atom. The Labute approximate surface area is 135 Å². The van der Waals surface area contributed by atoms with Gasteiger partial charge in [-0.25, -0.2) is 17.5 Å². The summed E-state index contributed by atoms with van der Waals surface area (Å²) in [5.41, 5.74) is 0.833. The molecule has 1 aromatic heterocycles. The fourth-order valence-corrected chi connectivity index (χ4v) is 3.87. The van der Waals surface area contributed by atoms with E-state index >= 15 is 0 Å². The van der Waals surface area contributed by atoms with Crippen LogP contribution in [0, 0.1) is 12.7 Å². The quantitative estimate of drug-likeness (QED) is 0.879. The van der Waals surface area contributed by atoms with Gasteiger partial charge in [-0.1, -0.05) is 6.92 Å². The maximum Gasteiger partial charge on any atom is 0.241 e. The number of ether oxygens (including phenoxy) is 1. The van der Waals surface area contributed by atoms with Crippen molar-refractivity contribution < 1.29 is 17.5 Å². The monoisotopic (exact) mass is 338 g/mol. The van der Waals surface area contributed by atoms with Crippen molar-refractivity contribution in [2.24, 2.45) is 0 Å². The lowest BCUT2D eigenvalue weighted by Crippen LogP contribution is -2.29. The van der Waals surface area contributed by atoms with Crippen LogP contribution in [0.5, 0.6) is 5.75 Å². The number of benzene rings is 1. The Balaban J connectivity index is 2.37. The molecule has 0 aliphatic carbocycles. The van der Waals surface area contributed by atoms with E-state index in [2.05, 4.69) is 9.71 Å². The van der Waals surface area contributed by atoms with E-state index in [1.165, 1.54) is 26.2 Å². The Hall–Kier alpha value is -1.99. The van der Waals surface area contributed by atoms with E-state index in [1.807, 2.05) is 6.92 Å². The van der Waals surface area contributed by atoms with Crippen molar-refractivity contribution >= 4 is 10.0 Å². The zero-order valence-electron chi connectivity index (χ0n) is 13.2. The van der Waals surface area contributed by atoms with E-state index in [9.17, 15) is 12.8 Å². The highest BCUT2D eigenvalue weighted by Gasteiger charge is 2.24. The number of aromatic nitrogens is 1. The van der Waals surface area contributed by atoms with Gasteiger partial charge in [-0.2, -0.15) is 0 Å². The number of hydrogen-bond acceptors (Lipinski definition) is 4. The third kappa shape index (κ3) is 3.68. The lowest BCUT2D eigenvalue weighted by molar-refractivity contribution is 0.384. The number of hydrogen-bond donors (Lipinski definition) is 1. The van der Waals surface area contributed by atoms with Gasteiger partial charge in [0.1, 0.15) is 0 Å². The van der Waals surface area contributed by atoms with Crippen LogP contribution >= 0.6 is 0 Å². The molecule has 7 heteroatoms. The summed E-state index contributed by atoms with van der Waals surface area (Å²) in [5, 5.41) is 0. The highest BCUT2D eigenvalue weighted by atomic mass is 32.2. The number of methoxy groups -OCH3 is 1. The molecule has 0 saturated carbocycles. The molecule has 2 aromatic rings. The maximum absolute atomic E-state index is 14.1. The lowest BCUT2D eigenvalue weighted by Gasteiger charge is -2.19. The normalized spacial score (nSPS) is 12.9. The molecule has 1 atom stereocenters. The minimum Gasteiger partial charge on any atom is -0.494 e. The van der Waals surface area contributed by atoms with E-state index in [4.69, 9.17) is 4.74 Å². The largest absolute Gasteiger partial charge is 0.494 e. The van der Waals surface area contributed by atoms with Crippen molar-refractivity contribution in [3.05, 3.63) is 53.6 Å². The molecule has 0 fully saturated rings. The van der Waals surface area contributed by atoms with Crippen molar-refractivity contribution in [3.63, 3.8) is 0 Å². The van der Waals surface area contributed by atoms with Gasteiger partial charge in [0.25, 0.3) is 0 Å². The summed E-state index contributed by atoms with van der Waals surface area (Å²) >= 11 is 0.